The molecule has 1 aliphatic carbocycles. The molecule has 1 rings (SSSR count). The average molecular weight is 161 g/mol. The van der Waals surface area contributed by atoms with E-state index in [1.54, 1.807) is 0 Å². The van der Waals surface area contributed by atoms with Crippen molar-refractivity contribution in [2.75, 3.05) is 5.88 Å². The van der Waals surface area contributed by atoms with Crippen molar-refractivity contribution < 1.29 is 9.90 Å². The maximum absolute atomic E-state index is 10.9. The number of halogens is 1. The van der Waals surface area contributed by atoms with Gasteiger partial charge in [0.15, 0.2) is 5.78 Å². The van der Waals surface area contributed by atoms with Gasteiger partial charge in [-0.05, 0) is 12.8 Å². The Bertz CT molecular complexity index is 184. The van der Waals surface area contributed by atoms with Crippen LogP contribution in [0.5, 0.6) is 0 Å². The third-order valence-corrected chi connectivity index (χ3v) is 1.90. The lowest BCUT2D eigenvalue weighted by Crippen LogP contribution is -1.97. The second-order valence-electron chi connectivity index (χ2n) is 2.34. The molecule has 0 spiro atoms. The molecule has 0 bridgehead atoms. The molecule has 1 N–H and O–H groups in total. The van der Waals surface area contributed by atoms with Crippen molar-refractivity contribution in [2.24, 2.45) is 0 Å². The van der Waals surface area contributed by atoms with Crippen LogP contribution in [0.4, 0.5) is 0 Å². The number of rotatable bonds is 1. The molecule has 0 aliphatic heterocycles. The second kappa shape index (κ2) is 3.06. The number of hydrogen-bond acceptors (Lipinski definition) is 2. The molecular formula is C7H9ClO2. The Balaban J connectivity index is 2.79. The predicted octanol–water partition coefficient (Wildman–Crippen LogP) is 1.79. The largest absolute Gasteiger partial charge is 0.511 e. The maximum Gasteiger partial charge on any atom is 0.162 e. The normalized spacial score (nSPS) is 23.5. The molecule has 0 atom stereocenters. The molecule has 0 aromatic rings. The Hall–Kier alpha value is -0.500. The van der Waals surface area contributed by atoms with Gasteiger partial charge in [-0.1, -0.05) is 0 Å². The summed E-state index contributed by atoms with van der Waals surface area (Å²) in [5.41, 5.74) is 0.537. The van der Waals surface area contributed by atoms with Gasteiger partial charge >= 0.3 is 0 Å². The van der Waals surface area contributed by atoms with Gasteiger partial charge in [-0.3, -0.25) is 4.79 Å². The van der Waals surface area contributed by atoms with E-state index in [1.165, 1.54) is 0 Å². The third kappa shape index (κ3) is 1.32. The van der Waals surface area contributed by atoms with Gasteiger partial charge < -0.3 is 5.11 Å². The second-order valence-corrected chi connectivity index (χ2v) is 2.60. The van der Waals surface area contributed by atoms with Crippen molar-refractivity contribution in [3.63, 3.8) is 0 Å². The SMILES string of the molecule is O=C1CCC/C1=C(\O)CCl. The van der Waals surface area contributed by atoms with Gasteiger partial charge in [0.2, 0.25) is 0 Å². The summed E-state index contributed by atoms with van der Waals surface area (Å²) in [5, 5.41) is 9.05. The van der Waals surface area contributed by atoms with Crippen molar-refractivity contribution in [2.45, 2.75) is 19.3 Å². The zero-order valence-electron chi connectivity index (χ0n) is 5.56. The van der Waals surface area contributed by atoms with Gasteiger partial charge in [0.25, 0.3) is 0 Å². The molecule has 56 valence electrons. The minimum atomic E-state index is 0.0538. The van der Waals surface area contributed by atoms with Crippen molar-refractivity contribution in [3.8, 4) is 0 Å². The Morgan fingerprint density at radius 1 is 1.60 bits per heavy atom. The van der Waals surface area contributed by atoms with E-state index in [0.29, 0.717) is 18.4 Å². The lowest BCUT2D eigenvalue weighted by molar-refractivity contribution is -0.114. The van der Waals surface area contributed by atoms with E-state index in [9.17, 15) is 4.79 Å². The number of hydrogen-bond donors (Lipinski definition) is 1. The van der Waals surface area contributed by atoms with Gasteiger partial charge in [-0.2, -0.15) is 0 Å². The highest BCUT2D eigenvalue weighted by molar-refractivity contribution is 6.19. The fourth-order valence-corrected chi connectivity index (χ4v) is 1.26. The van der Waals surface area contributed by atoms with Gasteiger partial charge in [0.05, 0.1) is 5.88 Å². The molecule has 0 aromatic carbocycles. The van der Waals surface area contributed by atoms with Crippen LogP contribution in [0.15, 0.2) is 11.3 Å². The van der Waals surface area contributed by atoms with Gasteiger partial charge in [-0.15, -0.1) is 11.6 Å². The van der Waals surface area contributed by atoms with Gasteiger partial charge in [0, 0.05) is 12.0 Å². The van der Waals surface area contributed by atoms with E-state index in [2.05, 4.69) is 0 Å². The Morgan fingerprint density at radius 3 is 2.70 bits per heavy atom. The van der Waals surface area contributed by atoms with Crippen molar-refractivity contribution >= 4 is 17.4 Å². The molecule has 0 radical (unpaired) electrons. The van der Waals surface area contributed by atoms with E-state index >= 15 is 0 Å². The number of ketones is 1. The van der Waals surface area contributed by atoms with Crippen LogP contribution < -0.4 is 0 Å². The molecule has 0 unspecified atom stereocenters. The number of alkyl halides is 1. The van der Waals surface area contributed by atoms with Crippen molar-refractivity contribution in [1.29, 1.82) is 0 Å². The van der Waals surface area contributed by atoms with E-state index in [4.69, 9.17) is 16.7 Å². The standard InChI is InChI=1S/C7H9ClO2/c8-4-7(10)5-2-1-3-6(5)9/h10H,1-4H2/b7-5+. The molecule has 3 heteroatoms. The fraction of sp³-hybridized carbons (Fsp3) is 0.571. The van der Waals surface area contributed by atoms with Crippen LogP contribution in [0.1, 0.15) is 19.3 Å². The Morgan fingerprint density at radius 2 is 2.30 bits per heavy atom. The first-order valence-corrected chi connectivity index (χ1v) is 3.79. The molecule has 1 aliphatic rings. The molecule has 10 heavy (non-hydrogen) atoms. The topological polar surface area (TPSA) is 37.3 Å². The quantitative estimate of drug-likeness (QED) is 0.361. The van der Waals surface area contributed by atoms with E-state index in [-0.39, 0.29) is 17.4 Å². The monoisotopic (exact) mass is 160 g/mol. The van der Waals surface area contributed by atoms with Crippen LogP contribution in [0, 0.1) is 0 Å². The first kappa shape index (κ1) is 7.61. The summed E-state index contributed by atoms with van der Waals surface area (Å²) < 4.78 is 0. The lowest BCUT2D eigenvalue weighted by Gasteiger charge is -1.96. The van der Waals surface area contributed by atoms with Crippen LogP contribution in [-0.4, -0.2) is 16.8 Å². The van der Waals surface area contributed by atoms with Gasteiger partial charge in [-0.25, -0.2) is 0 Å². The number of carbonyl (C=O) groups is 1. The first-order chi connectivity index (χ1) is 4.75. The van der Waals surface area contributed by atoms with E-state index < -0.39 is 0 Å². The highest BCUT2D eigenvalue weighted by Crippen LogP contribution is 2.22. The predicted molar refractivity (Wildman–Crippen MR) is 39.2 cm³/mol. The summed E-state index contributed by atoms with van der Waals surface area (Å²) >= 11 is 5.34. The number of aliphatic hydroxyl groups is 1. The summed E-state index contributed by atoms with van der Waals surface area (Å²) in [6.07, 6.45) is 2.11. The Labute approximate surface area is 64.5 Å². The molecule has 2 nitrogen and oxygen atoms in total. The average Bonchev–Trinajstić information content (AvgIpc) is 2.34. The molecular weight excluding hydrogens is 152 g/mol. The van der Waals surface area contributed by atoms with Crippen LogP contribution in [0.25, 0.3) is 0 Å². The van der Waals surface area contributed by atoms with Crippen molar-refractivity contribution in [1.82, 2.24) is 0 Å². The highest BCUT2D eigenvalue weighted by atomic mass is 35.5. The van der Waals surface area contributed by atoms with Gasteiger partial charge in [0.1, 0.15) is 5.76 Å². The summed E-state index contributed by atoms with van der Waals surface area (Å²) in [5.74, 6) is 0.170. The van der Waals surface area contributed by atoms with E-state index in [1.807, 2.05) is 0 Å². The van der Waals surface area contributed by atoms with Crippen LogP contribution in [0.2, 0.25) is 0 Å². The van der Waals surface area contributed by atoms with Crippen LogP contribution in [-0.2, 0) is 4.79 Å². The number of allylic oxidation sites excluding steroid dienone is 2. The fourth-order valence-electron chi connectivity index (χ4n) is 1.10. The zero-order chi connectivity index (χ0) is 7.56. The number of aliphatic hydroxyl groups excluding tert-OH is 1. The Kier molecular flexibility index (Phi) is 2.33. The van der Waals surface area contributed by atoms with Crippen LogP contribution >= 0.6 is 11.6 Å². The molecule has 1 saturated carbocycles. The first-order valence-electron chi connectivity index (χ1n) is 3.26. The van der Waals surface area contributed by atoms with Crippen LogP contribution in [0.3, 0.4) is 0 Å². The smallest absolute Gasteiger partial charge is 0.162 e. The molecule has 0 amide bonds. The number of Topliss-reactive ketones (excluding diaryl/α,β-unsaturated/α-hetero) is 1. The van der Waals surface area contributed by atoms with Crippen molar-refractivity contribution in [3.05, 3.63) is 11.3 Å². The third-order valence-electron chi connectivity index (χ3n) is 1.64. The number of carbonyl (C=O) groups excluding carboxylic acids is 1. The van der Waals surface area contributed by atoms with E-state index in [0.717, 1.165) is 6.42 Å². The lowest BCUT2D eigenvalue weighted by atomic mass is 10.2. The summed E-state index contributed by atoms with van der Waals surface area (Å²) in [4.78, 5) is 10.9. The summed E-state index contributed by atoms with van der Waals surface area (Å²) in [6.45, 7) is 0. The summed E-state index contributed by atoms with van der Waals surface area (Å²) in [6, 6.07) is 0. The molecule has 0 saturated heterocycles. The maximum atomic E-state index is 10.9. The minimum absolute atomic E-state index is 0.0538. The molecule has 1 fully saturated rings. The molecule has 0 aromatic heterocycles. The highest BCUT2D eigenvalue weighted by Gasteiger charge is 2.20. The molecule has 0 heterocycles. The minimum Gasteiger partial charge on any atom is -0.511 e. The zero-order valence-corrected chi connectivity index (χ0v) is 6.32. The summed E-state index contributed by atoms with van der Waals surface area (Å²) in [7, 11) is 0.